The zero-order valence-electron chi connectivity index (χ0n) is 5.39. The summed E-state index contributed by atoms with van der Waals surface area (Å²) in [6.45, 7) is 4.15. The van der Waals surface area contributed by atoms with Gasteiger partial charge in [0.2, 0.25) is 0 Å². The van der Waals surface area contributed by atoms with Crippen molar-refractivity contribution in [3.63, 3.8) is 0 Å². The molecule has 0 N–H and O–H groups in total. The van der Waals surface area contributed by atoms with Crippen LogP contribution >= 0.6 is 16.5 Å². The molecule has 0 saturated heterocycles. The third-order valence-corrected chi connectivity index (χ3v) is 3.68. The lowest BCUT2D eigenvalue weighted by atomic mass is 10.8. The third kappa shape index (κ3) is 6.34. The molecule has 0 nitrogen and oxygen atoms in total. The van der Waals surface area contributed by atoms with Gasteiger partial charge in [-0.25, -0.2) is 0 Å². The van der Waals surface area contributed by atoms with Crippen molar-refractivity contribution in [1.29, 1.82) is 0 Å². The molecular formula is C6H13P2+. The van der Waals surface area contributed by atoms with E-state index in [4.69, 9.17) is 0 Å². The molecule has 8 heavy (non-hydrogen) atoms. The summed E-state index contributed by atoms with van der Waals surface area (Å²) in [4.78, 5) is 0. The average Bonchev–Trinajstić information content (AvgIpc) is 1.81. The van der Waals surface area contributed by atoms with E-state index in [1.54, 1.807) is 0 Å². The van der Waals surface area contributed by atoms with Crippen LogP contribution in [0.15, 0.2) is 23.8 Å². The average molecular weight is 147 g/mol. The monoisotopic (exact) mass is 147 g/mol. The molecule has 0 heterocycles. The van der Waals surface area contributed by atoms with Gasteiger partial charge >= 0.3 is 0 Å². The van der Waals surface area contributed by atoms with Gasteiger partial charge < -0.3 is 0 Å². The Bertz CT molecular complexity index is 72.5. The van der Waals surface area contributed by atoms with Gasteiger partial charge in [-0.3, -0.25) is 0 Å². The minimum absolute atomic E-state index is 0.580. The Kier molecular flexibility index (Phi) is 7.65. The van der Waals surface area contributed by atoms with E-state index in [1.165, 1.54) is 0 Å². The lowest BCUT2D eigenvalue weighted by Crippen LogP contribution is -1.32. The Morgan fingerprint density at radius 2 is 2.00 bits per heavy atom. The van der Waals surface area contributed by atoms with Gasteiger partial charge in [-0.15, -0.1) is 0 Å². The molecule has 0 aliphatic heterocycles. The van der Waals surface area contributed by atoms with Crippen molar-refractivity contribution >= 4 is 16.5 Å². The molecule has 0 aliphatic rings. The lowest BCUT2D eigenvalue weighted by molar-refractivity contribution is 1.78. The molecule has 2 unspecified atom stereocenters. The Hall–Kier alpha value is 0.340. The standard InChI is InChI=1S/C6H12P2/c1-3-5-7-8-6-4-2/h3-8H,1-2H3/p+1/b5-3-,6-4-. The van der Waals surface area contributed by atoms with E-state index in [0.717, 1.165) is 8.27 Å². The molecular weight excluding hydrogens is 134 g/mol. The van der Waals surface area contributed by atoms with E-state index in [9.17, 15) is 0 Å². The minimum Gasteiger partial charge on any atom is -0.0840 e. The van der Waals surface area contributed by atoms with Crippen LogP contribution in [0.5, 0.6) is 0 Å². The summed E-state index contributed by atoms with van der Waals surface area (Å²) in [5, 5.41) is 0. The van der Waals surface area contributed by atoms with E-state index in [0.29, 0.717) is 8.27 Å². The molecule has 0 rings (SSSR count). The zero-order valence-corrected chi connectivity index (χ0v) is 7.54. The van der Waals surface area contributed by atoms with Gasteiger partial charge in [-0.2, -0.15) is 0 Å². The van der Waals surface area contributed by atoms with E-state index in [-0.39, 0.29) is 0 Å². The fraction of sp³-hybridized carbons (Fsp3) is 0.333. The van der Waals surface area contributed by atoms with Crippen LogP contribution in [0, 0.1) is 0 Å². The second-order valence-electron chi connectivity index (χ2n) is 1.36. The van der Waals surface area contributed by atoms with Crippen LogP contribution in [-0.4, -0.2) is 0 Å². The van der Waals surface area contributed by atoms with Crippen LogP contribution in [0.2, 0.25) is 0 Å². The van der Waals surface area contributed by atoms with Gasteiger partial charge in [0.1, 0.15) is 0 Å². The molecule has 0 aromatic heterocycles. The molecule has 0 aliphatic carbocycles. The first-order valence-corrected chi connectivity index (χ1v) is 6.29. The van der Waals surface area contributed by atoms with E-state index < -0.39 is 0 Å². The molecule has 0 amide bonds. The summed E-state index contributed by atoms with van der Waals surface area (Å²) < 4.78 is 0. The maximum atomic E-state index is 2.28. The smallest absolute Gasteiger partial charge is 0.0648 e. The summed E-state index contributed by atoms with van der Waals surface area (Å²) in [6, 6.07) is 0. The molecule has 46 valence electrons. The molecule has 0 bridgehead atoms. The number of hydrogen-bond acceptors (Lipinski definition) is 0. The Morgan fingerprint density at radius 1 is 1.25 bits per heavy atom. The second-order valence-corrected chi connectivity index (χ2v) is 4.74. The number of allylic oxidation sites excluding steroid dienone is 2. The van der Waals surface area contributed by atoms with Gasteiger partial charge in [0.25, 0.3) is 0 Å². The minimum atomic E-state index is 0.580. The van der Waals surface area contributed by atoms with E-state index in [2.05, 4.69) is 37.6 Å². The SMILES string of the molecule is C/C=C\P[PH2+]/C=C\C. The largest absolute Gasteiger partial charge is 0.0840 e. The highest BCUT2D eigenvalue weighted by Crippen LogP contribution is 2.38. The summed E-state index contributed by atoms with van der Waals surface area (Å²) >= 11 is 0. The molecule has 0 fully saturated rings. The fourth-order valence-electron chi connectivity index (χ4n) is 0.304. The number of hydrogen-bond donors (Lipinski definition) is 0. The van der Waals surface area contributed by atoms with Crippen LogP contribution in [0.3, 0.4) is 0 Å². The van der Waals surface area contributed by atoms with Crippen LogP contribution < -0.4 is 0 Å². The van der Waals surface area contributed by atoms with Gasteiger partial charge in [-0.05, 0) is 19.7 Å². The van der Waals surface area contributed by atoms with Crippen molar-refractivity contribution in [2.45, 2.75) is 13.8 Å². The van der Waals surface area contributed by atoms with Crippen molar-refractivity contribution in [2.24, 2.45) is 0 Å². The highest BCUT2D eigenvalue weighted by atomic mass is 32.0. The first-order valence-electron chi connectivity index (χ1n) is 2.73. The maximum Gasteiger partial charge on any atom is 0.0648 e. The van der Waals surface area contributed by atoms with Crippen LogP contribution in [0.4, 0.5) is 0 Å². The van der Waals surface area contributed by atoms with Gasteiger partial charge in [0.05, 0.1) is 14.1 Å². The molecule has 0 spiro atoms. The predicted molar refractivity (Wildman–Crippen MR) is 47.7 cm³/mol. The maximum absolute atomic E-state index is 2.28. The summed E-state index contributed by atoms with van der Waals surface area (Å²) in [7, 11) is 1.64. The lowest BCUT2D eigenvalue weighted by Gasteiger charge is -1.73. The Balaban J connectivity index is 2.93. The summed E-state index contributed by atoms with van der Waals surface area (Å²) in [5.74, 6) is 4.52. The van der Waals surface area contributed by atoms with Crippen molar-refractivity contribution in [3.05, 3.63) is 23.8 Å². The van der Waals surface area contributed by atoms with Crippen LogP contribution in [-0.2, 0) is 0 Å². The van der Waals surface area contributed by atoms with Crippen molar-refractivity contribution < 1.29 is 0 Å². The second kappa shape index (κ2) is 7.34. The highest BCUT2D eigenvalue weighted by Gasteiger charge is 1.78. The zero-order chi connectivity index (χ0) is 6.24. The summed E-state index contributed by atoms with van der Waals surface area (Å²) in [6.07, 6.45) is 4.25. The molecule has 0 radical (unpaired) electrons. The predicted octanol–water partition coefficient (Wildman–Crippen LogP) is 3.06. The third-order valence-electron chi connectivity index (χ3n) is 0.648. The van der Waals surface area contributed by atoms with Crippen LogP contribution in [0.25, 0.3) is 0 Å². The normalized spacial score (nSPS) is 14.8. The quantitative estimate of drug-likeness (QED) is 0.425. The molecule has 2 atom stereocenters. The first kappa shape index (κ1) is 8.34. The van der Waals surface area contributed by atoms with Crippen LogP contribution in [0.1, 0.15) is 13.8 Å². The molecule has 0 aromatic carbocycles. The van der Waals surface area contributed by atoms with Crippen molar-refractivity contribution in [2.75, 3.05) is 0 Å². The number of rotatable bonds is 3. The first-order chi connectivity index (χ1) is 3.91. The van der Waals surface area contributed by atoms with Gasteiger partial charge in [-0.1, -0.05) is 12.2 Å². The Labute approximate surface area is 54.9 Å². The molecule has 0 saturated carbocycles. The topological polar surface area (TPSA) is 0 Å². The fourth-order valence-corrected chi connectivity index (χ4v) is 2.73. The van der Waals surface area contributed by atoms with Gasteiger partial charge in [0, 0.05) is 8.27 Å². The Morgan fingerprint density at radius 3 is 2.50 bits per heavy atom. The van der Waals surface area contributed by atoms with E-state index in [1.807, 2.05) is 0 Å². The molecule has 2 heteroatoms. The highest BCUT2D eigenvalue weighted by molar-refractivity contribution is 8.14. The van der Waals surface area contributed by atoms with Crippen molar-refractivity contribution in [1.82, 2.24) is 0 Å². The summed E-state index contributed by atoms with van der Waals surface area (Å²) in [5.41, 5.74) is 0. The van der Waals surface area contributed by atoms with Gasteiger partial charge in [0.15, 0.2) is 0 Å². The molecule has 0 aromatic rings. The van der Waals surface area contributed by atoms with E-state index >= 15 is 0 Å². The van der Waals surface area contributed by atoms with Crippen molar-refractivity contribution in [3.8, 4) is 0 Å².